The SMILES string of the molecule is Cc1ccccc1C1(C)NC(=O)N(CC(=O)c2c[nH]c(C(=O)N3CCCC3)c2)C1=O. The van der Waals surface area contributed by atoms with E-state index >= 15 is 0 Å². The fourth-order valence-corrected chi connectivity index (χ4v) is 4.16. The summed E-state index contributed by atoms with van der Waals surface area (Å²) in [5, 5.41) is 2.72. The van der Waals surface area contributed by atoms with E-state index < -0.39 is 23.3 Å². The molecule has 0 saturated carbocycles. The predicted molar refractivity (Wildman–Crippen MR) is 109 cm³/mol. The van der Waals surface area contributed by atoms with E-state index in [1.54, 1.807) is 24.0 Å². The smallest absolute Gasteiger partial charge is 0.325 e. The molecule has 0 aliphatic carbocycles. The molecule has 0 bridgehead atoms. The number of rotatable bonds is 5. The van der Waals surface area contributed by atoms with Crippen LogP contribution in [0.25, 0.3) is 0 Å². The summed E-state index contributed by atoms with van der Waals surface area (Å²) in [6.45, 7) is 4.54. The molecule has 1 aromatic heterocycles. The van der Waals surface area contributed by atoms with E-state index in [2.05, 4.69) is 10.3 Å². The normalized spacial score (nSPS) is 21.3. The van der Waals surface area contributed by atoms with Gasteiger partial charge in [-0.25, -0.2) is 4.79 Å². The van der Waals surface area contributed by atoms with Crippen molar-refractivity contribution in [2.45, 2.75) is 32.2 Å². The number of ketones is 1. The molecule has 2 aliphatic rings. The van der Waals surface area contributed by atoms with Crippen molar-refractivity contribution in [1.29, 1.82) is 0 Å². The third-order valence-electron chi connectivity index (χ3n) is 5.89. The first kappa shape index (κ1) is 19.9. The third kappa shape index (κ3) is 3.28. The van der Waals surface area contributed by atoms with Gasteiger partial charge in [0, 0.05) is 24.8 Å². The molecule has 0 spiro atoms. The number of amides is 4. The number of benzene rings is 1. The van der Waals surface area contributed by atoms with Gasteiger partial charge in [0.05, 0.1) is 6.54 Å². The number of hydrogen-bond acceptors (Lipinski definition) is 4. The van der Waals surface area contributed by atoms with Crippen LogP contribution < -0.4 is 5.32 Å². The van der Waals surface area contributed by atoms with Crippen LogP contribution in [0.2, 0.25) is 0 Å². The van der Waals surface area contributed by atoms with Gasteiger partial charge in [-0.3, -0.25) is 19.3 Å². The average Bonchev–Trinajstić information content (AvgIpc) is 3.46. The number of urea groups is 1. The van der Waals surface area contributed by atoms with Crippen LogP contribution in [0.15, 0.2) is 36.5 Å². The molecule has 30 heavy (non-hydrogen) atoms. The minimum absolute atomic E-state index is 0.145. The van der Waals surface area contributed by atoms with Crippen LogP contribution >= 0.6 is 0 Å². The molecule has 4 amide bonds. The van der Waals surface area contributed by atoms with E-state index in [4.69, 9.17) is 0 Å². The Morgan fingerprint density at radius 3 is 2.53 bits per heavy atom. The number of nitrogens with zero attached hydrogens (tertiary/aromatic N) is 2. The maximum Gasteiger partial charge on any atom is 0.325 e. The van der Waals surface area contributed by atoms with E-state index in [9.17, 15) is 19.2 Å². The van der Waals surface area contributed by atoms with E-state index in [0.29, 0.717) is 24.3 Å². The lowest BCUT2D eigenvalue weighted by molar-refractivity contribution is -0.130. The van der Waals surface area contributed by atoms with Gasteiger partial charge in [0.15, 0.2) is 5.78 Å². The summed E-state index contributed by atoms with van der Waals surface area (Å²) in [4.78, 5) is 56.3. The second-order valence-corrected chi connectivity index (χ2v) is 7.99. The van der Waals surface area contributed by atoms with Crippen LogP contribution in [-0.4, -0.2) is 58.0 Å². The van der Waals surface area contributed by atoms with E-state index in [-0.39, 0.29) is 18.0 Å². The maximum absolute atomic E-state index is 13.1. The number of likely N-dealkylation sites (tertiary alicyclic amines) is 1. The fraction of sp³-hybridized carbons (Fsp3) is 0.364. The molecule has 3 heterocycles. The number of aromatic nitrogens is 1. The number of Topliss-reactive ketones (excluding diaryl/α,β-unsaturated/α-hetero) is 1. The monoisotopic (exact) mass is 408 g/mol. The number of aromatic amines is 1. The highest BCUT2D eigenvalue weighted by atomic mass is 16.2. The van der Waals surface area contributed by atoms with Gasteiger partial charge < -0.3 is 15.2 Å². The van der Waals surface area contributed by atoms with Gasteiger partial charge in [-0.1, -0.05) is 24.3 Å². The highest BCUT2D eigenvalue weighted by Gasteiger charge is 2.50. The summed E-state index contributed by atoms with van der Waals surface area (Å²) in [6, 6.07) is 8.20. The van der Waals surface area contributed by atoms with Crippen LogP contribution in [0.1, 0.15) is 51.7 Å². The minimum atomic E-state index is -1.22. The van der Waals surface area contributed by atoms with Crippen LogP contribution in [0.3, 0.4) is 0 Å². The van der Waals surface area contributed by atoms with Crippen LogP contribution in [0.5, 0.6) is 0 Å². The Labute approximate surface area is 174 Å². The predicted octanol–water partition coefficient (Wildman–Crippen LogP) is 2.21. The minimum Gasteiger partial charge on any atom is -0.356 e. The molecule has 1 unspecified atom stereocenters. The Balaban J connectivity index is 1.50. The van der Waals surface area contributed by atoms with Crippen molar-refractivity contribution >= 4 is 23.6 Å². The Bertz CT molecular complexity index is 1040. The lowest BCUT2D eigenvalue weighted by Gasteiger charge is -2.24. The molecule has 2 aliphatic heterocycles. The lowest BCUT2D eigenvalue weighted by Crippen LogP contribution is -2.42. The number of hydrogen-bond donors (Lipinski definition) is 2. The lowest BCUT2D eigenvalue weighted by atomic mass is 9.88. The molecule has 8 heteroatoms. The van der Waals surface area contributed by atoms with Crippen LogP contribution in [0.4, 0.5) is 4.79 Å². The number of imide groups is 1. The molecular weight excluding hydrogens is 384 g/mol. The zero-order valence-corrected chi connectivity index (χ0v) is 17.0. The van der Waals surface area contributed by atoms with Gasteiger partial charge in [0.1, 0.15) is 11.2 Å². The summed E-state index contributed by atoms with van der Waals surface area (Å²) < 4.78 is 0. The zero-order chi connectivity index (χ0) is 21.5. The van der Waals surface area contributed by atoms with Gasteiger partial charge in [-0.2, -0.15) is 0 Å². The third-order valence-corrected chi connectivity index (χ3v) is 5.89. The summed E-state index contributed by atoms with van der Waals surface area (Å²) in [5.74, 6) is -1.03. The summed E-state index contributed by atoms with van der Waals surface area (Å²) >= 11 is 0. The van der Waals surface area contributed by atoms with Gasteiger partial charge in [0.25, 0.3) is 11.8 Å². The van der Waals surface area contributed by atoms with Gasteiger partial charge in [-0.15, -0.1) is 0 Å². The Kier molecular flexibility index (Phi) is 4.93. The van der Waals surface area contributed by atoms with Crippen molar-refractivity contribution in [1.82, 2.24) is 20.1 Å². The number of aryl methyl sites for hydroxylation is 1. The Morgan fingerprint density at radius 2 is 1.83 bits per heavy atom. The quantitative estimate of drug-likeness (QED) is 0.585. The summed E-state index contributed by atoms with van der Waals surface area (Å²) in [7, 11) is 0. The van der Waals surface area contributed by atoms with Crippen molar-refractivity contribution in [2.24, 2.45) is 0 Å². The molecule has 156 valence electrons. The van der Waals surface area contributed by atoms with Gasteiger partial charge in [-0.05, 0) is 43.9 Å². The van der Waals surface area contributed by atoms with Crippen molar-refractivity contribution < 1.29 is 19.2 Å². The topological polar surface area (TPSA) is 103 Å². The van der Waals surface area contributed by atoms with E-state index in [0.717, 1.165) is 23.3 Å². The molecule has 2 aromatic rings. The van der Waals surface area contributed by atoms with E-state index in [1.165, 1.54) is 12.3 Å². The molecule has 4 rings (SSSR count). The number of carbonyl (C=O) groups is 4. The van der Waals surface area contributed by atoms with Crippen LogP contribution in [-0.2, 0) is 10.3 Å². The standard InChI is InChI=1S/C22H24N4O4/c1-14-7-3-4-8-16(14)22(2)20(29)26(21(30)24-22)13-18(27)15-11-17(23-12-15)19(28)25-9-5-6-10-25/h3-4,7-8,11-12,23H,5-6,9-10,13H2,1-2H3,(H,24,30). The van der Waals surface area contributed by atoms with Gasteiger partial charge >= 0.3 is 6.03 Å². The largest absolute Gasteiger partial charge is 0.356 e. The van der Waals surface area contributed by atoms with Crippen molar-refractivity contribution in [3.05, 3.63) is 58.9 Å². The first-order chi connectivity index (χ1) is 14.3. The molecule has 1 aromatic carbocycles. The number of nitrogens with one attached hydrogen (secondary N) is 2. The van der Waals surface area contributed by atoms with E-state index in [1.807, 2.05) is 19.1 Å². The first-order valence-corrected chi connectivity index (χ1v) is 10.0. The second-order valence-electron chi connectivity index (χ2n) is 7.99. The fourth-order valence-electron chi connectivity index (χ4n) is 4.16. The van der Waals surface area contributed by atoms with Crippen molar-refractivity contribution in [3.63, 3.8) is 0 Å². The summed E-state index contributed by atoms with van der Waals surface area (Å²) in [5.41, 5.74) is 0.943. The zero-order valence-electron chi connectivity index (χ0n) is 17.0. The maximum atomic E-state index is 13.1. The average molecular weight is 408 g/mol. The second kappa shape index (κ2) is 7.44. The Hall–Kier alpha value is -3.42. The molecule has 2 saturated heterocycles. The highest BCUT2D eigenvalue weighted by Crippen LogP contribution is 2.31. The van der Waals surface area contributed by atoms with Gasteiger partial charge in [0.2, 0.25) is 0 Å². The molecule has 0 radical (unpaired) electrons. The number of H-pyrrole nitrogens is 1. The van der Waals surface area contributed by atoms with Crippen molar-refractivity contribution in [3.8, 4) is 0 Å². The number of carbonyl (C=O) groups excluding carboxylic acids is 4. The molecule has 2 N–H and O–H groups in total. The highest BCUT2D eigenvalue weighted by molar-refractivity contribution is 6.11. The first-order valence-electron chi connectivity index (χ1n) is 10.0. The molecular formula is C22H24N4O4. The molecule has 1 atom stereocenters. The van der Waals surface area contributed by atoms with Crippen molar-refractivity contribution in [2.75, 3.05) is 19.6 Å². The summed E-state index contributed by atoms with van der Waals surface area (Å²) in [6.07, 6.45) is 3.40. The Morgan fingerprint density at radius 1 is 1.13 bits per heavy atom. The molecule has 2 fully saturated rings. The van der Waals surface area contributed by atoms with Crippen LogP contribution in [0, 0.1) is 6.92 Å². The molecule has 8 nitrogen and oxygen atoms in total.